The molecule has 124 valence electrons. The van der Waals surface area contributed by atoms with Crippen molar-refractivity contribution in [3.8, 4) is 5.69 Å². The maximum absolute atomic E-state index is 13.1. The third-order valence-electron chi connectivity index (χ3n) is 4.61. The van der Waals surface area contributed by atoms with Gasteiger partial charge in [0.1, 0.15) is 23.4 Å². The van der Waals surface area contributed by atoms with E-state index < -0.39 is 0 Å². The number of rotatable bonds is 1. The highest BCUT2D eigenvalue weighted by molar-refractivity contribution is 6.28. The topological polar surface area (TPSA) is 67.5 Å². The number of aromatic nitrogens is 2. The number of ketones is 1. The number of carbonyl (C=O) groups is 1. The van der Waals surface area contributed by atoms with E-state index in [1.54, 1.807) is 24.5 Å². The largest absolute Gasteiger partial charge is 0.410 e. The first-order valence-electron chi connectivity index (χ1n) is 8.05. The SMILES string of the molecule is Cc1cc(C)c(-n2cnc3c2C(=O)c2ccccc2C3=NO)c(C)c1. The summed E-state index contributed by atoms with van der Waals surface area (Å²) in [4.78, 5) is 17.5. The first-order valence-corrected chi connectivity index (χ1v) is 8.05. The van der Waals surface area contributed by atoms with Gasteiger partial charge in [-0.2, -0.15) is 0 Å². The molecule has 25 heavy (non-hydrogen) atoms. The van der Waals surface area contributed by atoms with Gasteiger partial charge in [-0.1, -0.05) is 47.1 Å². The highest BCUT2D eigenvalue weighted by atomic mass is 16.4. The molecule has 0 saturated heterocycles. The molecule has 4 rings (SSSR count). The van der Waals surface area contributed by atoms with E-state index in [9.17, 15) is 10.0 Å². The van der Waals surface area contributed by atoms with Crippen molar-refractivity contribution in [2.24, 2.45) is 5.16 Å². The summed E-state index contributed by atoms with van der Waals surface area (Å²) in [6.45, 7) is 6.08. The Morgan fingerprint density at radius 2 is 1.68 bits per heavy atom. The van der Waals surface area contributed by atoms with Crippen LogP contribution in [0.3, 0.4) is 0 Å². The fourth-order valence-electron chi connectivity index (χ4n) is 3.70. The van der Waals surface area contributed by atoms with Crippen molar-refractivity contribution in [1.82, 2.24) is 9.55 Å². The van der Waals surface area contributed by atoms with Gasteiger partial charge >= 0.3 is 0 Å². The van der Waals surface area contributed by atoms with Crippen LogP contribution >= 0.6 is 0 Å². The van der Waals surface area contributed by atoms with Gasteiger partial charge in [0, 0.05) is 11.1 Å². The minimum absolute atomic E-state index is 0.116. The van der Waals surface area contributed by atoms with Crippen molar-refractivity contribution < 1.29 is 10.0 Å². The molecule has 0 unspecified atom stereocenters. The van der Waals surface area contributed by atoms with Crippen molar-refractivity contribution in [3.63, 3.8) is 0 Å². The van der Waals surface area contributed by atoms with Crippen LogP contribution in [-0.2, 0) is 0 Å². The Balaban J connectivity index is 2.02. The number of aryl methyl sites for hydroxylation is 3. The van der Waals surface area contributed by atoms with E-state index in [1.165, 1.54) is 5.56 Å². The molecule has 1 heterocycles. The number of carbonyl (C=O) groups excluding carboxylic acids is 1. The Hall–Kier alpha value is -3.21. The summed E-state index contributed by atoms with van der Waals surface area (Å²) in [6.07, 6.45) is 1.63. The van der Waals surface area contributed by atoms with Gasteiger partial charge in [0.25, 0.3) is 0 Å². The lowest BCUT2D eigenvalue weighted by Gasteiger charge is -2.19. The summed E-state index contributed by atoms with van der Waals surface area (Å²) in [7, 11) is 0. The molecule has 0 aliphatic heterocycles. The maximum Gasteiger partial charge on any atom is 0.212 e. The van der Waals surface area contributed by atoms with Crippen molar-refractivity contribution >= 4 is 11.5 Å². The Morgan fingerprint density at radius 3 is 2.32 bits per heavy atom. The number of nitrogens with zero attached hydrogens (tertiary/aromatic N) is 3. The van der Waals surface area contributed by atoms with Crippen LogP contribution in [0.5, 0.6) is 0 Å². The second kappa shape index (κ2) is 5.41. The molecule has 0 bridgehead atoms. The van der Waals surface area contributed by atoms with Crippen LogP contribution in [0, 0.1) is 20.8 Å². The molecule has 0 radical (unpaired) electrons. The lowest BCUT2D eigenvalue weighted by atomic mass is 9.89. The van der Waals surface area contributed by atoms with Crippen molar-refractivity contribution in [3.05, 3.63) is 81.9 Å². The second-order valence-corrected chi connectivity index (χ2v) is 6.38. The van der Waals surface area contributed by atoms with Crippen LogP contribution in [0.2, 0.25) is 0 Å². The molecule has 1 aliphatic carbocycles. The number of oxime groups is 1. The molecule has 1 aromatic heterocycles. The lowest BCUT2D eigenvalue weighted by Crippen LogP contribution is -2.24. The highest BCUT2D eigenvalue weighted by Gasteiger charge is 2.33. The Morgan fingerprint density at radius 1 is 1.04 bits per heavy atom. The van der Waals surface area contributed by atoms with Crippen molar-refractivity contribution in [2.75, 3.05) is 0 Å². The summed E-state index contributed by atoms with van der Waals surface area (Å²) < 4.78 is 1.81. The molecule has 1 N–H and O–H groups in total. The number of fused-ring (bicyclic) bond motifs is 2. The number of imidazole rings is 1. The third kappa shape index (κ3) is 2.12. The summed E-state index contributed by atoms with van der Waals surface area (Å²) in [5.41, 5.74) is 6.51. The average molecular weight is 331 g/mol. The number of benzene rings is 2. The van der Waals surface area contributed by atoms with Gasteiger partial charge in [-0.15, -0.1) is 0 Å². The van der Waals surface area contributed by atoms with Crippen molar-refractivity contribution in [1.29, 1.82) is 0 Å². The summed E-state index contributed by atoms with van der Waals surface area (Å²) in [5, 5.41) is 12.9. The van der Waals surface area contributed by atoms with Gasteiger partial charge < -0.3 is 5.21 Å². The first kappa shape index (κ1) is 15.3. The number of hydrogen-bond donors (Lipinski definition) is 1. The van der Waals surface area contributed by atoms with Gasteiger partial charge in [-0.05, 0) is 31.9 Å². The molecule has 5 heteroatoms. The van der Waals surface area contributed by atoms with E-state index in [0.29, 0.717) is 28.2 Å². The predicted octanol–water partition coefficient (Wildman–Crippen LogP) is 3.57. The van der Waals surface area contributed by atoms with Crippen LogP contribution in [-0.4, -0.2) is 26.3 Å². The van der Waals surface area contributed by atoms with Crippen molar-refractivity contribution in [2.45, 2.75) is 20.8 Å². The predicted molar refractivity (Wildman–Crippen MR) is 95.1 cm³/mol. The number of hydrogen-bond acceptors (Lipinski definition) is 4. The van der Waals surface area contributed by atoms with Crippen LogP contribution in [0.4, 0.5) is 0 Å². The molecule has 0 saturated carbocycles. The van der Waals surface area contributed by atoms with Crippen LogP contribution in [0.1, 0.15) is 44.0 Å². The highest BCUT2D eigenvalue weighted by Crippen LogP contribution is 2.31. The summed E-state index contributed by atoms with van der Waals surface area (Å²) in [6, 6.07) is 11.3. The average Bonchev–Trinajstić information content (AvgIpc) is 2.99. The lowest BCUT2D eigenvalue weighted by molar-refractivity contribution is 0.103. The summed E-state index contributed by atoms with van der Waals surface area (Å²) in [5.74, 6) is -0.116. The van der Waals surface area contributed by atoms with E-state index in [4.69, 9.17) is 0 Å². The fraction of sp³-hybridized carbons (Fsp3) is 0.150. The van der Waals surface area contributed by atoms with Crippen LogP contribution < -0.4 is 0 Å². The van der Waals surface area contributed by atoms with Gasteiger partial charge in [-0.25, -0.2) is 4.98 Å². The van der Waals surface area contributed by atoms with Gasteiger partial charge in [0.2, 0.25) is 5.78 Å². The molecule has 1 aliphatic rings. The molecule has 0 amide bonds. The van der Waals surface area contributed by atoms with E-state index in [2.05, 4.69) is 22.3 Å². The molecule has 0 fully saturated rings. The molecular formula is C20H17N3O2. The summed E-state index contributed by atoms with van der Waals surface area (Å²) >= 11 is 0. The minimum Gasteiger partial charge on any atom is -0.410 e. The normalized spacial score (nSPS) is 14.5. The van der Waals surface area contributed by atoms with Crippen LogP contribution in [0.15, 0.2) is 47.9 Å². The van der Waals surface area contributed by atoms with E-state index in [1.807, 2.05) is 31.4 Å². The zero-order chi connectivity index (χ0) is 17.7. The van der Waals surface area contributed by atoms with E-state index in [-0.39, 0.29) is 5.78 Å². The second-order valence-electron chi connectivity index (χ2n) is 6.38. The zero-order valence-corrected chi connectivity index (χ0v) is 14.2. The monoisotopic (exact) mass is 331 g/mol. The standard InChI is InChI=1S/C20H17N3O2/c1-11-8-12(2)18(13(3)9-11)23-10-21-17-16(22-25)14-6-4-5-7-15(14)20(24)19(17)23/h4-10,25H,1-3H3. The fourth-order valence-corrected chi connectivity index (χ4v) is 3.70. The molecule has 0 spiro atoms. The maximum atomic E-state index is 13.1. The molecule has 3 aromatic rings. The van der Waals surface area contributed by atoms with Gasteiger partial charge in [-0.3, -0.25) is 9.36 Å². The van der Waals surface area contributed by atoms with Gasteiger partial charge in [0.05, 0.1) is 5.69 Å². The smallest absolute Gasteiger partial charge is 0.212 e. The molecular weight excluding hydrogens is 314 g/mol. The van der Waals surface area contributed by atoms with Gasteiger partial charge in [0.15, 0.2) is 0 Å². The van der Waals surface area contributed by atoms with Crippen LogP contribution in [0.25, 0.3) is 5.69 Å². The molecule has 0 atom stereocenters. The Kier molecular flexibility index (Phi) is 3.32. The zero-order valence-electron chi connectivity index (χ0n) is 14.2. The first-order chi connectivity index (χ1) is 12.0. The molecule has 2 aromatic carbocycles. The minimum atomic E-state index is -0.116. The van der Waals surface area contributed by atoms with E-state index >= 15 is 0 Å². The Labute approximate surface area is 145 Å². The Bertz CT molecular complexity index is 1040. The third-order valence-corrected chi connectivity index (χ3v) is 4.61. The van der Waals surface area contributed by atoms with E-state index in [0.717, 1.165) is 16.8 Å². The quantitative estimate of drug-likeness (QED) is 0.428. The molecule has 5 nitrogen and oxygen atoms in total.